The number of rotatable bonds is 6. The second kappa shape index (κ2) is 7.85. The fourth-order valence-electron chi connectivity index (χ4n) is 2.15. The quantitative estimate of drug-likeness (QED) is 0.600. The van der Waals surface area contributed by atoms with Crippen molar-refractivity contribution in [3.05, 3.63) is 84.9 Å². The fraction of sp³-hybridized carbons (Fsp3) is 0.100. The molecule has 0 N–H and O–H groups in total. The van der Waals surface area contributed by atoms with Gasteiger partial charge in [-0.15, -0.1) is 0 Å². The van der Waals surface area contributed by atoms with Gasteiger partial charge in [-0.3, -0.25) is 0 Å². The Kier molecular flexibility index (Phi) is 5.35. The van der Waals surface area contributed by atoms with E-state index in [4.69, 9.17) is 9.05 Å². The van der Waals surface area contributed by atoms with Crippen LogP contribution in [0.3, 0.4) is 0 Å². The first-order valence-corrected chi connectivity index (χ1v) is 8.94. The summed E-state index contributed by atoms with van der Waals surface area (Å²) < 4.78 is 12.3. The molecule has 3 rings (SSSR count). The molecule has 0 bridgehead atoms. The van der Waals surface area contributed by atoms with Crippen molar-refractivity contribution in [1.82, 2.24) is 0 Å². The van der Waals surface area contributed by atoms with Gasteiger partial charge in [0.25, 0.3) is 0 Å². The second-order valence-corrected chi connectivity index (χ2v) is 6.87. The van der Waals surface area contributed by atoms with Gasteiger partial charge in [0.05, 0.1) is 5.30 Å². The maximum Gasteiger partial charge on any atom is 0.326 e. The molecular weight excluding hydrogens is 317 g/mol. The second-order valence-electron chi connectivity index (χ2n) is 5.48. The average Bonchev–Trinajstić information content (AvgIpc) is 2.63. The molecule has 122 valence electrons. The molecule has 0 unspecified atom stereocenters. The Labute approximate surface area is 144 Å². The normalized spacial score (nSPS) is 10.5. The van der Waals surface area contributed by atoms with Crippen LogP contribution >= 0.6 is 8.38 Å². The minimum Gasteiger partial charge on any atom is -0.435 e. The van der Waals surface area contributed by atoms with E-state index < -0.39 is 8.38 Å². The van der Waals surface area contributed by atoms with Crippen molar-refractivity contribution in [2.75, 3.05) is 19.0 Å². The summed E-state index contributed by atoms with van der Waals surface area (Å²) in [7, 11) is 2.79. The standard InChI is InChI=1S/C20H20NO2P/c1-21(2)17-13-15-20(16-14-17)24(22-18-9-5-3-6-10-18)23-19-11-7-4-8-12-19/h3-16H,1-2H3. The highest BCUT2D eigenvalue weighted by atomic mass is 31.2. The maximum absolute atomic E-state index is 6.13. The number of para-hydroxylation sites is 2. The average molecular weight is 337 g/mol. The Morgan fingerprint density at radius 3 is 1.50 bits per heavy atom. The summed E-state index contributed by atoms with van der Waals surface area (Å²) in [4.78, 5) is 2.07. The van der Waals surface area contributed by atoms with E-state index in [0.717, 1.165) is 22.5 Å². The van der Waals surface area contributed by atoms with Crippen LogP contribution in [0, 0.1) is 0 Å². The highest BCUT2D eigenvalue weighted by molar-refractivity contribution is 7.56. The smallest absolute Gasteiger partial charge is 0.326 e. The summed E-state index contributed by atoms with van der Waals surface area (Å²) in [6.45, 7) is 0. The molecule has 0 saturated heterocycles. The summed E-state index contributed by atoms with van der Waals surface area (Å²) in [5.74, 6) is 1.60. The third kappa shape index (κ3) is 4.27. The minimum atomic E-state index is -1.26. The van der Waals surface area contributed by atoms with Crippen molar-refractivity contribution in [2.45, 2.75) is 0 Å². The molecule has 3 aromatic rings. The highest BCUT2D eigenvalue weighted by Crippen LogP contribution is 2.39. The predicted octanol–water partition coefficient (Wildman–Crippen LogP) is 4.85. The van der Waals surface area contributed by atoms with E-state index in [1.807, 2.05) is 74.8 Å². The van der Waals surface area contributed by atoms with Gasteiger partial charge in [0.15, 0.2) is 0 Å². The van der Waals surface area contributed by atoms with E-state index >= 15 is 0 Å². The van der Waals surface area contributed by atoms with Crippen molar-refractivity contribution < 1.29 is 9.05 Å². The molecule has 0 radical (unpaired) electrons. The SMILES string of the molecule is CN(C)c1ccc(P(Oc2ccccc2)Oc2ccccc2)cc1. The van der Waals surface area contributed by atoms with E-state index in [-0.39, 0.29) is 0 Å². The van der Waals surface area contributed by atoms with Crippen LogP contribution in [0.2, 0.25) is 0 Å². The minimum absolute atomic E-state index is 0.802. The van der Waals surface area contributed by atoms with Gasteiger partial charge in [-0.25, -0.2) is 0 Å². The third-order valence-electron chi connectivity index (χ3n) is 3.44. The Bertz CT molecular complexity index is 704. The van der Waals surface area contributed by atoms with Crippen molar-refractivity contribution >= 4 is 19.4 Å². The molecule has 0 saturated carbocycles. The summed E-state index contributed by atoms with van der Waals surface area (Å²) >= 11 is 0. The van der Waals surface area contributed by atoms with Crippen LogP contribution in [0.15, 0.2) is 84.9 Å². The molecule has 0 atom stereocenters. The van der Waals surface area contributed by atoms with Gasteiger partial charge in [0.1, 0.15) is 11.5 Å². The molecule has 3 nitrogen and oxygen atoms in total. The summed E-state index contributed by atoms with van der Waals surface area (Å²) in [5.41, 5.74) is 1.15. The number of hydrogen-bond acceptors (Lipinski definition) is 3. The molecule has 24 heavy (non-hydrogen) atoms. The first kappa shape index (κ1) is 16.4. The van der Waals surface area contributed by atoms with E-state index in [0.29, 0.717) is 0 Å². The van der Waals surface area contributed by atoms with Crippen LogP contribution in [0.1, 0.15) is 0 Å². The van der Waals surface area contributed by atoms with Gasteiger partial charge in [0.2, 0.25) is 0 Å². The molecule has 0 aliphatic rings. The Morgan fingerprint density at radius 2 is 1.08 bits per heavy atom. The summed E-state index contributed by atoms with van der Waals surface area (Å²) in [5, 5.41) is 1.03. The van der Waals surface area contributed by atoms with Crippen molar-refractivity contribution in [2.24, 2.45) is 0 Å². The van der Waals surface area contributed by atoms with Crippen LogP contribution in [0.25, 0.3) is 0 Å². The van der Waals surface area contributed by atoms with Gasteiger partial charge >= 0.3 is 8.38 Å². The van der Waals surface area contributed by atoms with E-state index in [2.05, 4.69) is 29.2 Å². The molecule has 0 amide bonds. The number of nitrogens with zero attached hydrogens (tertiary/aromatic N) is 1. The zero-order valence-electron chi connectivity index (χ0n) is 13.8. The monoisotopic (exact) mass is 337 g/mol. The molecule has 0 heterocycles. The molecule has 0 fully saturated rings. The number of hydrogen-bond donors (Lipinski definition) is 0. The summed E-state index contributed by atoms with van der Waals surface area (Å²) in [6.07, 6.45) is 0. The highest BCUT2D eigenvalue weighted by Gasteiger charge is 2.18. The third-order valence-corrected chi connectivity index (χ3v) is 4.91. The summed E-state index contributed by atoms with van der Waals surface area (Å²) in [6, 6.07) is 27.8. The topological polar surface area (TPSA) is 21.7 Å². The predicted molar refractivity (Wildman–Crippen MR) is 101 cm³/mol. The molecule has 0 aliphatic carbocycles. The molecule has 0 aliphatic heterocycles. The Hall–Kier alpha value is -2.51. The lowest BCUT2D eigenvalue weighted by atomic mass is 10.3. The van der Waals surface area contributed by atoms with Gasteiger partial charge in [0, 0.05) is 19.8 Å². The fourth-order valence-corrected chi connectivity index (χ4v) is 3.42. The van der Waals surface area contributed by atoms with E-state index in [9.17, 15) is 0 Å². The molecule has 4 heteroatoms. The van der Waals surface area contributed by atoms with Crippen LogP contribution in [-0.2, 0) is 0 Å². The molecule has 3 aromatic carbocycles. The van der Waals surface area contributed by atoms with Gasteiger partial charge in [-0.05, 0) is 48.5 Å². The first-order valence-electron chi connectivity index (χ1n) is 7.76. The molecule has 0 spiro atoms. The van der Waals surface area contributed by atoms with Gasteiger partial charge in [-0.1, -0.05) is 36.4 Å². The Morgan fingerprint density at radius 1 is 0.625 bits per heavy atom. The molecular formula is C20H20NO2P. The molecule has 0 aromatic heterocycles. The van der Waals surface area contributed by atoms with E-state index in [1.54, 1.807) is 0 Å². The number of anilines is 1. The first-order chi connectivity index (χ1) is 11.7. The van der Waals surface area contributed by atoms with Crippen molar-refractivity contribution in [1.29, 1.82) is 0 Å². The Balaban J connectivity index is 1.86. The lowest BCUT2D eigenvalue weighted by Gasteiger charge is -2.20. The zero-order valence-corrected chi connectivity index (χ0v) is 14.7. The van der Waals surface area contributed by atoms with Gasteiger partial charge in [-0.2, -0.15) is 0 Å². The van der Waals surface area contributed by atoms with Crippen LogP contribution in [-0.4, -0.2) is 14.1 Å². The number of benzene rings is 3. The van der Waals surface area contributed by atoms with Crippen LogP contribution in [0.5, 0.6) is 11.5 Å². The lowest BCUT2D eigenvalue weighted by Crippen LogP contribution is -2.13. The van der Waals surface area contributed by atoms with Crippen LogP contribution < -0.4 is 19.3 Å². The van der Waals surface area contributed by atoms with Crippen LogP contribution in [0.4, 0.5) is 5.69 Å². The maximum atomic E-state index is 6.13. The van der Waals surface area contributed by atoms with Crippen molar-refractivity contribution in [3.8, 4) is 11.5 Å². The zero-order chi connectivity index (χ0) is 16.8. The van der Waals surface area contributed by atoms with Gasteiger partial charge < -0.3 is 13.9 Å². The largest absolute Gasteiger partial charge is 0.435 e. The lowest BCUT2D eigenvalue weighted by molar-refractivity contribution is 0.502. The van der Waals surface area contributed by atoms with E-state index in [1.165, 1.54) is 0 Å². The van der Waals surface area contributed by atoms with Crippen molar-refractivity contribution in [3.63, 3.8) is 0 Å².